The van der Waals surface area contributed by atoms with Crippen LogP contribution in [0.3, 0.4) is 0 Å². The molecule has 0 saturated heterocycles. The van der Waals surface area contributed by atoms with Gasteiger partial charge in [-0.3, -0.25) is 0 Å². The molecular weight excluding hydrogens is 312 g/mol. The minimum atomic E-state index is -3.15. The lowest BCUT2D eigenvalue weighted by Crippen LogP contribution is -1.96. The van der Waals surface area contributed by atoms with E-state index < -0.39 is 9.84 Å². The predicted octanol–water partition coefficient (Wildman–Crippen LogP) is 4.79. The monoisotopic (exact) mass is 328 g/mol. The third-order valence-electron chi connectivity index (χ3n) is 3.62. The van der Waals surface area contributed by atoms with Gasteiger partial charge in [0.05, 0.1) is 4.90 Å². The summed E-state index contributed by atoms with van der Waals surface area (Å²) in [6.45, 7) is 2.07. The highest BCUT2D eigenvalue weighted by Crippen LogP contribution is 2.35. The third kappa shape index (κ3) is 2.98. The topological polar surface area (TPSA) is 34.1 Å². The normalized spacial score (nSPS) is 11.5. The van der Waals surface area contributed by atoms with Crippen LogP contribution in [0.1, 0.15) is 5.56 Å². The number of hydrogen-bond acceptors (Lipinski definition) is 3. The van der Waals surface area contributed by atoms with Gasteiger partial charge in [0.1, 0.15) is 0 Å². The molecule has 2 nitrogen and oxygen atoms in total. The van der Waals surface area contributed by atoms with E-state index in [2.05, 4.69) is 41.9 Å². The first-order valence-electron chi connectivity index (χ1n) is 6.89. The summed E-state index contributed by atoms with van der Waals surface area (Å²) in [5.41, 5.74) is 5.75. The SMILES string of the molecule is Cc1ccc(-c2cscc2-c2ccc(S(C)(=O)=O)cc2)cc1. The molecule has 1 aromatic heterocycles. The van der Waals surface area contributed by atoms with Crippen LogP contribution in [0, 0.1) is 6.92 Å². The van der Waals surface area contributed by atoms with E-state index in [1.165, 1.54) is 22.9 Å². The Kier molecular flexibility index (Phi) is 3.89. The second-order valence-electron chi connectivity index (χ2n) is 5.36. The van der Waals surface area contributed by atoms with Crippen molar-refractivity contribution >= 4 is 21.2 Å². The minimum Gasteiger partial charge on any atom is -0.224 e. The molecule has 3 aromatic rings. The van der Waals surface area contributed by atoms with E-state index in [-0.39, 0.29) is 0 Å². The van der Waals surface area contributed by atoms with Crippen molar-refractivity contribution in [2.24, 2.45) is 0 Å². The van der Waals surface area contributed by atoms with Gasteiger partial charge in [-0.1, -0.05) is 42.0 Å². The fraction of sp³-hybridized carbons (Fsp3) is 0.111. The zero-order valence-electron chi connectivity index (χ0n) is 12.4. The summed E-state index contributed by atoms with van der Waals surface area (Å²) in [4.78, 5) is 0.350. The first kappa shape index (κ1) is 15.0. The molecule has 112 valence electrons. The van der Waals surface area contributed by atoms with Crippen molar-refractivity contribution in [1.29, 1.82) is 0 Å². The summed E-state index contributed by atoms with van der Waals surface area (Å²) in [5, 5.41) is 4.23. The molecule has 0 aliphatic rings. The van der Waals surface area contributed by atoms with Crippen LogP contribution < -0.4 is 0 Å². The summed E-state index contributed by atoms with van der Waals surface area (Å²) in [6.07, 6.45) is 1.23. The Morgan fingerprint density at radius 3 is 1.68 bits per heavy atom. The van der Waals surface area contributed by atoms with Crippen LogP contribution in [0.4, 0.5) is 0 Å². The Bertz CT molecular complexity index is 887. The highest BCUT2D eigenvalue weighted by atomic mass is 32.2. The van der Waals surface area contributed by atoms with Crippen LogP contribution in [-0.2, 0) is 9.84 Å². The molecule has 2 aromatic carbocycles. The fourth-order valence-corrected chi connectivity index (χ4v) is 3.86. The van der Waals surface area contributed by atoms with E-state index in [9.17, 15) is 8.42 Å². The Hall–Kier alpha value is -1.91. The molecule has 0 aliphatic carbocycles. The van der Waals surface area contributed by atoms with Crippen molar-refractivity contribution in [2.75, 3.05) is 6.26 Å². The van der Waals surface area contributed by atoms with Gasteiger partial charge in [0.2, 0.25) is 0 Å². The summed E-state index contributed by atoms with van der Waals surface area (Å²) in [7, 11) is -3.15. The third-order valence-corrected chi connectivity index (χ3v) is 5.49. The van der Waals surface area contributed by atoms with Crippen LogP contribution in [-0.4, -0.2) is 14.7 Å². The van der Waals surface area contributed by atoms with Gasteiger partial charge in [0.15, 0.2) is 9.84 Å². The van der Waals surface area contributed by atoms with Crippen molar-refractivity contribution in [3.63, 3.8) is 0 Å². The van der Waals surface area contributed by atoms with Crippen LogP contribution in [0.5, 0.6) is 0 Å². The lowest BCUT2D eigenvalue weighted by Gasteiger charge is -2.06. The van der Waals surface area contributed by atoms with Gasteiger partial charge >= 0.3 is 0 Å². The van der Waals surface area contributed by atoms with E-state index in [1.807, 2.05) is 12.1 Å². The van der Waals surface area contributed by atoms with Crippen LogP contribution in [0.25, 0.3) is 22.3 Å². The molecule has 0 radical (unpaired) electrons. The Balaban J connectivity index is 2.03. The molecular formula is C18H16O2S2. The second-order valence-corrected chi connectivity index (χ2v) is 8.12. The molecule has 3 rings (SSSR count). The van der Waals surface area contributed by atoms with E-state index in [4.69, 9.17) is 0 Å². The van der Waals surface area contributed by atoms with E-state index in [0.717, 1.165) is 11.1 Å². The Morgan fingerprint density at radius 2 is 1.23 bits per heavy atom. The van der Waals surface area contributed by atoms with Crippen LogP contribution >= 0.6 is 11.3 Å². The molecule has 0 bridgehead atoms. The van der Waals surface area contributed by atoms with Gasteiger partial charge in [-0.25, -0.2) is 8.42 Å². The second kappa shape index (κ2) is 5.71. The molecule has 0 saturated carbocycles. The van der Waals surface area contributed by atoms with Crippen LogP contribution in [0.15, 0.2) is 64.2 Å². The molecule has 22 heavy (non-hydrogen) atoms. The maximum Gasteiger partial charge on any atom is 0.175 e. The highest BCUT2D eigenvalue weighted by molar-refractivity contribution is 7.90. The smallest absolute Gasteiger partial charge is 0.175 e. The van der Waals surface area contributed by atoms with E-state index in [0.29, 0.717) is 4.90 Å². The maximum atomic E-state index is 11.6. The van der Waals surface area contributed by atoms with Crippen molar-refractivity contribution < 1.29 is 8.42 Å². The molecule has 4 heteroatoms. The molecule has 0 unspecified atom stereocenters. The quantitative estimate of drug-likeness (QED) is 0.692. The van der Waals surface area contributed by atoms with Crippen molar-refractivity contribution in [3.8, 4) is 22.3 Å². The number of hydrogen-bond donors (Lipinski definition) is 0. The molecule has 0 amide bonds. The van der Waals surface area contributed by atoms with Crippen molar-refractivity contribution in [2.45, 2.75) is 11.8 Å². The number of rotatable bonds is 3. The maximum absolute atomic E-state index is 11.6. The van der Waals surface area contributed by atoms with Gasteiger partial charge in [0.25, 0.3) is 0 Å². The number of thiophene rings is 1. The molecule has 0 fully saturated rings. The Morgan fingerprint density at radius 1 is 0.773 bits per heavy atom. The molecule has 0 aliphatic heterocycles. The van der Waals surface area contributed by atoms with Crippen molar-refractivity contribution in [3.05, 3.63) is 64.9 Å². The first-order valence-corrected chi connectivity index (χ1v) is 9.72. The average Bonchev–Trinajstić information content (AvgIpc) is 2.97. The minimum absolute atomic E-state index is 0.350. The molecule has 1 heterocycles. The summed E-state index contributed by atoms with van der Waals surface area (Å²) < 4.78 is 23.1. The molecule has 0 N–H and O–H groups in total. The number of aryl methyl sites for hydroxylation is 1. The largest absolute Gasteiger partial charge is 0.224 e. The average molecular weight is 328 g/mol. The summed E-state index contributed by atoms with van der Waals surface area (Å²) >= 11 is 1.65. The zero-order valence-corrected chi connectivity index (χ0v) is 14.0. The molecule has 0 atom stereocenters. The highest BCUT2D eigenvalue weighted by Gasteiger charge is 2.11. The standard InChI is InChI=1S/C18H16O2S2/c1-13-3-5-14(6-4-13)17-11-21-12-18(17)15-7-9-16(10-8-15)22(2,19)20/h3-12H,1-2H3. The van der Waals surface area contributed by atoms with Gasteiger partial charge in [-0.05, 0) is 40.9 Å². The lowest BCUT2D eigenvalue weighted by molar-refractivity contribution is 0.602. The van der Waals surface area contributed by atoms with E-state index in [1.54, 1.807) is 23.5 Å². The van der Waals surface area contributed by atoms with Crippen LogP contribution in [0.2, 0.25) is 0 Å². The predicted molar refractivity (Wildman–Crippen MR) is 93.0 cm³/mol. The zero-order chi connectivity index (χ0) is 15.7. The fourth-order valence-electron chi connectivity index (χ4n) is 2.36. The van der Waals surface area contributed by atoms with Gasteiger partial charge in [0, 0.05) is 17.4 Å². The summed E-state index contributed by atoms with van der Waals surface area (Å²) in [5.74, 6) is 0. The Labute approximate surface area is 135 Å². The number of sulfone groups is 1. The molecule has 0 spiro atoms. The first-order chi connectivity index (χ1) is 10.4. The number of benzene rings is 2. The van der Waals surface area contributed by atoms with Gasteiger partial charge < -0.3 is 0 Å². The lowest BCUT2D eigenvalue weighted by atomic mass is 9.98. The van der Waals surface area contributed by atoms with E-state index >= 15 is 0 Å². The van der Waals surface area contributed by atoms with Gasteiger partial charge in [-0.15, -0.1) is 0 Å². The van der Waals surface area contributed by atoms with Gasteiger partial charge in [-0.2, -0.15) is 11.3 Å². The summed E-state index contributed by atoms with van der Waals surface area (Å²) in [6, 6.07) is 15.5. The van der Waals surface area contributed by atoms with Crippen molar-refractivity contribution in [1.82, 2.24) is 0 Å².